The van der Waals surface area contributed by atoms with E-state index in [-0.39, 0.29) is 11.2 Å². The van der Waals surface area contributed by atoms with Gasteiger partial charge in [0.1, 0.15) is 5.52 Å². The maximum atomic E-state index is 13.0. The average Bonchev–Trinajstić information content (AvgIpc) is 2.79. The summed E-state index contributed by atoms with van der Waals surface area (Å²) in [6.45, 7) is 0. The van der Waals surface area contributed by atoms with E-state index >= 15 is 0 Å². The van der Waals surface area contributed by atoms with Gasteiger partial charge in [-0.15, -0.1) is 4.40 Å². The van der Waals surface area contributed by atoms with Crippen LogP contribution in [0.15, 0.2) is 95.8 Å². The third kappa shape index (κ3) is 2.91. The number of H-pyrrole nitrogens is 1. The summed E-state index contributed by atoms with van der Waals surface area (Å²) in [5, 5.41) is 11.2. The number of aromatic amines is 1. The predicted octanol–water partition coefficient (Wildman–Crippen LogP) is 4.51. The van der Waals surface area contributed by atoms with Crippen LogP contribution in [0.25, 0.3) is 38.9 Å². The van der Waals surface area contributed by atoms with Crippen molar-refractivity contribution in [1.29, 1.82) is 0 Å². The number of pyridine rings is 1. The molecule has 0 spiro atoms. The molecule has 0 atom stereocenters. The van der Waals surface area contributed by atoms with E-state index < -0.39 is 4.92 Å². The number of rotatable bonds is 3. The number of benzene rings is 3. The lowest BCUT2D eigenvalue weighted by Crippen LogP contribution is -2.33. The maximum Gasteiger partial charge on any atom is 0.321 e. The molecular formula is C24H16N3O3+. The average molecular weight is 394 g/mol. The van der Waals surface area contributed by atoms with Gasteiger partial charge in [0.2, 0.25) is 11.2 Å². The van der Waals surface area contributed by atoms with Gasteiger partial charge >= 0.3 is 5.56 Å². The van der Waals surface area contributed by atoms with Gasteiger partial charge in [-0.25, -0.2) is 0 Å². The Morgan fingerprint density at radius 2 is 1.40 bits per heavy atom. The Kier molecular flexibility index (Phi) is 4.10. The zero-order chi connectivity index (χ0) is 20.7. The van der Waals surface area contributed by atoms with Gasteiger partial charge in [-0.2, -0.15) is 0 Å². The van der Waals surface area contributed by atoms with E-state index in [2.05, 4.69) is 4.98 Å². The zero-order valence-electron chi connectivity index (χ0n) is 15.8. The Bertz CT molecular complexity index is 1480. The molecule has 6 nitrogen and oxygen atoms in total. The Balaban J connectivity index is 1.94. The minimum atomic E-state index is -0.469. The molecule has 2 aromatic heterocycles. The summed E-state index contributed by atoms with van der Waals surface area (Å²) < 4.78 is 1.86. The number of hydrogen-bond acceptors (Lipinski definition) is 3. The normalized spacial score (nSPS) is 11.1. The number of nitrogens with zero attached hydrogens (tertiary/aromatic N) is 2. The molecule has 2 heterocycles. The molecule has 0 radical (unpaired) electrons. The molecule has 0 bridgehead atoms. The van der Waals surface area contributed by atoms with Crippen molar-refractivity contribution < 1.29 is 9.32 Å². The Hall–Kier alpha value is -4.32. The van der Waals surface area contributed by atoms with Gasteiger partial charge in [0, 0.05) is 35.9 Å². The predicted molar refractivity (Wildman–Crippen MR) is 115 cm³/mol. The third-order valence-corrected chi connectivity index (χ3v) is 5.16. The number of nitrogens with one attached hydrogen (secondary N) is 1. The van der Waals surface area contributed by atoms with Gasteiger partial charge in [-0.1, -0.05) is 48.5 Å². The molecule has 5 rings (SSSR count). The number of non-ortho nitro benzene ring substituents is 1. The summed E-state index contributed by atoms with van der Waals surface area (Å²) in [5.41, 5.74) is 4.88. The quantitative estimate of drug-likeness (QED) is 0.212. The smallest absolute Gasteiger partial charge is 0.311 e. The van der Waals surface area contributed by atoms with Crippen molar-refractivity contribution in [2.75, 3.05) is 0 Å². The van der Waals surface area contributed by atoms with Gasteiger partial charge in [0.05, 0.1) is 4.92 Å². The molecule has 30 heavy (non-hydrogen) atoms. The molecule has 0 fully saturated rings. The lowest BCUT2D eigenvalue weighted by atomic mass is 10.0. The summed E-state index contributed by atoms with van der Waals surface area (Å²) in [5.74, 6) is 0. The molecule has 1 N–H and O–H groups in total. The van der Waals surface area contributed by atoms with Crippen LogP contribution in [0.5, 0.6) is 0 Å². The van der Waals surface area contributed by atoms with Crippen molar-refractivity contribution in [1.82, 2.24) is 4.98 Å². The minimum Gasteiger partial charge on any atom is -0.311 e. The largest absolute Gasteiger partial charge is 0.321 e. The van der Waals surface area contributed by atoms with E-state index in [9.17, 15) is 14.9 Å². The van der Waals surface area contributed by atoms with Crippen molar-refractivity contribution in [3.63, 3.8) is 0 Å². The van der Waals surface area contributed by atoms with Crippen molar-refractivity contribution in [3.8, 4) is 22.4 Å². The highest BCUT2D eigenvalue weighted by atomic mass is 16.6. The number of nitro groups is 1. The summed E-state index contributed by atoms with van der Waals surface area (Å²) >= 11 is 0. The number of nitro benzene ring substituents is 1. The van der Waals surface area contributed by atoms with Crippen LogP contribution in [-0.4, -0.2) is 9.91 Å². The first-order valence-corrected chi connectivity index (χ1v) is 9.43. The van der Waals surface area contributed by atoms with Gasteiger partial charge in [0.25, 0.3) is 11.2 Å². The monoisotopic (exact) mass is 394 g/mol. The molecule has 6 heteroatoms. The second-order valence-corrected chi connectivity index (χ2v) is 6.99. The molecule has 0 amide bonds. The molecule has 144 valence electrons. The first-order valence-electron chi connectivity index (χ1n) is 9.43. The highest BCUT2D eigenvalue weighted by Gasteiger charge is 2.23. The van der Waals surface area contributed by atoms with Crippen LogP contribution in [0.1, 0.15) is 0 Å². The van der Waals surface area contributed by atoms with E-state index in [1.165, 1.54) is 12.1 Å². The van der Waals surface area contributed by atoms with Crippen molar-refractivity contribution in [3.05, 3.63) is 111 Å². The summed E-state index contributed by atoms with van der Waals surface area (Å²) in [6, 6.07) is 28.0. The fourth-order valence-electron chi connectivity index (χ4n) is 3.76. The fraction of sp³-hybridized carbons (Fsp3) is 0. The molecule has 3 aromatic carbocycles. The SMILES string of the molecule is O=c1[nH]c2cc([N+](=O)[O-])ccc2[n+]2c(-c3ccccc3)cc(-c3ccccc3)cc12. The van der Waals surface area contributed by atoms with Crippen LogP contribution in [0.3, 0.4) is 0 Å². The highest BCUT2D eigenvalue weighted by molar-refractivity contribution is 5.79. The Labute approximate surface area is 170 Å². The molecule has 0 saturated carbocycles. The Morgan fingerprint density at radius 3 is 2.07 bits per heavy atom. The van der Waals surface area contributed by atoms with Gasteiger partial charge < -0.3 is 4.98 Å². The first-order chi connectivity index (χ1) is 14.6. The van der Waals surface area contributed by atoms with Crippen molar-refractivity contribution in [2.24, 2.45) is 0 Å². The van der Waals surface area contributed by atoms with Crippen LogP contribution in [-0.2, 0) is 0 Å². The third-order valence-electron chi connectivity index (χ3n) is 5.16. The molecule has 0 unspecified atom stereocenters. The topological polar surface area (TPSA) is 80.1 Å². The molecule has 0 saturated heterocycles. The molecule has 0 aliphatic heterocycles. The highest BCUT2D eigenvalue weighted by Crippen LogP contribution is 2.26. The van der Waals surface area contributed by atoms with E-state index in [4.69, 9.17) is 0 Å². The molecular weight excluding hydrogens is 378 g/mol. The summed E-state index contributed by atoms with van der Waals surface area (Å²) in [7, 11) is 0. The number of fused-ring (bicyclic) bond motifs is 3. The standard InChI is InChI=1S/C24H15N3O3/c28-24-23-14-18(16-7-3-1-4-8-16)13-22(17-9-5-2-6-10-17)26(23)21-12-11-19(27(29)30)15-20(21)25-24/h1-15H/p+1. The number of hydrogen-bond donors (Lipinski definition) is 1. The zero-order valence-corrected chi connectivity index (χ0v) is 15.8. The van der Waals surface area contributed by atoms with Crippen LogP contribution in [0.4, 0.5) is 5.69 Å². The first kappa shape index (κ1) is 17.8. The second-order valence-electron chi connectivity index (χ2n) is 6.99. The van der Waals surface area contributed by atoms with Crippen LogP contribution in [0, 0.1) is 10.1 Å². The van der Waals surface area contributed by atoms with Gasteiger partial charge in [0.15, 0.2) is 0 Å². The van der Waals surface area contributed by atoms with E-state index in [1.54, 1.807) is 6.07 Å². The van der Waals surface area contributed by atoms with Crippen LogP contribution in [0.2, 0.25) is 0 Å². The van der Waals surface area contributed by atoms with E-state index in [1.807, 2.05) is 77.2 Å². The molecule has 0 aliphatic rings. The van der Waals surface area contributed by atoms with Crippen LogP contribution < -0.4 is 9.96 Å². The van der Waals surface area contributed by atoms with Crippen molar-refractivity contribution in [2.45, 2.75) is 0 Å². The van der Waals surface area contributed by atoms with Gasteiger partial charge in [-0.05, 0) is 23.3 Å². The minimum absolute atomic E-state index is 0.0692. The summed E-state index contributed by atoms with van der Waals surface area (Å²) in [4.78, 5) is 26.5. The molecule has 0 aliphatic carbocycles. The van der Waals surface area contributed by atoms with E-state index in [0.29, 0.717) is 16.6 Å². The second kappa shape index (κ2) is 6.93. The number of aromatic nitrogens is 2. The molecule has 5 aromatic rings. The lowest BCUT2D eigenvalue weighted by Gasteiger charge is -2.07. The fourth-order valence-corrected chi connectivity index (χ4v) is 3.76. The Morgan fingerprint density at radius 1 is 0.733 bits per heavy atom. The summed E-state index contributed by atoms with van der Waals surface area (Å²) in [6.07, 6.45) is 0. The van der Waals surface area contributed by atoms with Crippen molar-refractivity contribution >= 4 is 22.2 Å². The van der Waals surface area contributed by atoms with Gasteiger partial charge in [-0.3, -0.25) is 14.9 Å². The van der Waals surface area contributed by atoms with E-state index in [0.717, 1.165) is 22.4 Å². The maximum absolute atomic E-state index is 13.0. The lowest BCUT2D eigenvalue weighted by molar-refractivity contribution is -0.470. The van der Waals surface area contributed by atoms with Crippen LogP contribution >= 0.6 is 0 Å².